The van der Waals surface area contributed by atoms with E-state index >= 15 is 0 Å². The lowest BCUT2D eigenvalue weighted by Crippen LogP contribution is -2.29. The number of fused-ring (bicyclic) bond motifs is 1. The van der Waals surface area contributed by atoms with Crippen molar-refractivity contribution in [3.05, 3.63) is 77.9 Å². The summed E-state index contributed by atoms with van der Waals surface area (Å²) in [5, 5.41) is 4.60. The van der Waals surface area contributed by atoms with E-state index in [1.54, 1.807) is 0 Å². The SMILES string of the molecule is O=C(NCCOc1ccc2ccccc2c1)c1c(F)cccc1F. The van der Waals surface area contributed by atoms with E-state index in [2.05, 4.69) is 5.32 Å². The molecule has 1 amide bonds. The van der Waals surface area contributed by atoms with E-state index in [9.17, 15) is 13.6 Å². The third-order valence-electron chi connectivity index (χ3n) is 3.57. The zero-order valence-corrected chi connectivity index (χ0v) is 12.8. The van der Waals surface area contributed by atoms with E-state index in [1.807, 2.05) is 42.5 Å². The lowest BCUT2D eigenvalue weighted by Gasteiger charge is -2.09. The summed E-state index contributed by atoms with van der Waals surface area (Å²) in [7, 11) is 0. The Labute approximate surface area is 137 Å². The first kappa shape index (κ1) is 15.9. The maximum absolute atomic E-state index is 13.5. The minimum absolute atomic E-state index is 0.138. The maximum Gasteiger partial charge on any atom is 0.257 e. The fourth-order valence-corrected chi connectivity index (χ4v) is 2.39. The zero-order valence-electron chi connectivity index (χ0n) is 12.8. The van der Waals surface area contributed by atoms with Gasteiger partial charge in [-0.05, 0) is 35.0 Å². The lowest BCUT2D eigenvalue weighted by atomic mass is 10.1. The first-order valence-electron chi connectivity index (χ1n) is 7.49. The number of amides is 1. The molecule has 0 saturated carbocycles. The van der Waals surface area contributed by atoms with Gasteiger partial charge in [0.1, 0.15) is 29.6 Å². The molecule has 3 nitrogen and oxygen atoms in total. The van der Waals surface area contributed by atoms with Crippen molar-refractivity contribution in [1.82, 2.24) is 5.32 Å². The van der Waals surface area contributed by atoms with Crippen molar-refractivity contribution in [3.8, 4) is 5.75 Å². The molecule has 3 rings (SSSR count). The standard InChI is InChI=1S/C19H15F2NO2/c20-16-6-3-7-17(21)18(16)19(23)22-10-11-24-15-9-8-13-4-1-2-5-14(13)12-15/h1-9,12H,10-11H2,(H,22,23). The van der Waals surface area contributed by atoms with Crippen LogP contribution in [0.2, 0.25) is 0 Å². The second-order valence-corrected chi connectivity index (χ2v) is 5.21. The number of rotatable bonds is 5. The quantitative estimate of drug-likeness (QED) is 0.721. The molecule has 0 aromatic heterocycles. The smallest absolute Gasteiger partial charge is 0.257 e. The number of hydrogen-bond acceptors (Lipinski definition) is 2. The van der Waals surface area contributed by atoms with Gasteiger partial charge in [0.25, 0.3) is 5.91 Å². The van der Waals surface area contributed by atoms with Crippen molar-refractivity contribution < 1.29 is 18.3 Å². The third kappa shape index (κ3) is 3.51. The summed E-state index contributed by atoms with van der Waals surface area (Å²) in [6.07, 6.45) is 0. The molecule has 0 aliphatic carbocycles. The molecule has 5 heteroatoms. The van der Waals surface area contributed by atoms with Crippen molar-refractivity contribution in [2.45, 2.75) is 0 Å². The van der Waals surface area contributed by atoms with Crippen LogP contribution in [0.5, 0.6) is 5.75 Å². The number of carbonyl (C=O) groups is 1. The molecule has 3 aromatic rings. The highest BCUT2D eigenvalue weighted by atomic mass is 19.1. The second kappa shape index (κ2) is 7.08. The predicted octanol–water partition coefficient (Wildman–Crippen LogP) is 3.93. The van der Waals surface area contributed by atoms with Crippen LogP contribution in [-0.4, -0.2) is 19.1 Å². The zero-order chi connectivity index (χ0) is 16.9. The Morgan fingerprint density at radius 1 is 0.917 bits per heavy atom. The van der Waals surface area contributed by atoms with Gasteiger partial charge in [-0.15, -0.1) is 0 Å². The Balaban J connectivity index is 1.55. The Kier molecular flexibility index (Phi) is 4.70. The monoisotopic (exact) mass is 327 g/mol. The van der Waals surface area contributed by atoms with Crippen LogP contribution in [0.15, 0.2) is 60.7 Å². The van der Waals surface area contributed by atoms with Gasteiger partial charge in [-0.3, -0.25) is 4.79 Å². The van der Waals surface area contributed by atoms with Gasteiger partial charge in [0, 0.05) is 0 Å². The molecule has 0 fully saturated rings. The molecule has 24 heavy (non-hydrogen) atoms. The average Bonchev–Trinajstić information content (AvgIpc) is 2.58. The average molecular weight is 327 g/mol. The van der Waals surface area contributed by atoms with Crippen molar-refractivity contribution in [1.29, 1.82) is 0 Å². The number of nitrogens with one attached hydrogen (secondary N) is 1. The van der Waals surface area contributed by atoms with Crippen LogP contribution in [-0.2, 0) is 0 Å². The van der Waals surface area contributed by atoms with Crippen LogP contribution in [0.3, 0.4) is 0 Å². The summed E-state index contributed by atoms with van der Waals surface area (Å²) in [5.74, 6) is -1.90. The highest BCUT2D eigenvalue weighted by Gasteiger charge is 2.16. The van der Waals surface area contributed by atoms with E-state index in [0.717, 1.165) is 22.9 Å². The number of carbonyl (C=O) groups excluding carboxylic acids is 1. The molecule has 0 aliphatic rings. The van der Waals surface area contributed by atoms with Gasteiger partial charge >= 0.3 is 0 Å². The largest absolute Gasteiger partial charge is 0.492 e. The molecular formula is C19H15F2NO2. The molecule has 3 aromatic carbocycles. The van der Waals surface area contributed by atoms with Crippen LogP contribution in [0.1, 0.15) is 10.4 Å². The molecule has 0 saturated heterocycles. The number of hydrogen-bond donors (Lipinski definition) is 1. The summed E-state index contributed by atoms with van der Waals surface area (Å²) < 4.78 is 32.5. The number of ether oxygens (including phenoxy) is 1. The first-order valence-corrected chi connectivity index (χ1v) is 7.49. The summed E-state index contributed by atoms with van der Waals surface area (Å²) in [6, 6.07) is 16.9. The molecule has 1 N–H and O–H groups in total. The van der Waals surface area contributed by atoms with E-state index in [1.165, 1.54) is 6.07 Å². The normalized spacial score (nSPS) is 10.6. The molecule has 0 atom stereocenters. The predicted molar refractivity (Wildman–Crippen MR) is 88.1 cm³/mol. The van der Waals surface area contributed by atoms with Gasteiger partial charge in [-0.2, -0.15) is 0 Å². The Hall–Kier alpha value is -2.95. The topological polar surface area (TPSA) is 38.3 Å². The van der Waals surface area contributed by atoms with Crippen molar-refractivity contribution in [2.75, 3.05) is 13.2 Å². The van der Waals surface area contributed by atoms with E-state index in [-0.39, 0.29) is 13.2 Å². The summed E-state index contributed by atoms with van der Waals surface area (Å²) in [5.41, 5.74) is -0.580. The summed E-state index contributed by atoms with van der Waals surface area (Å²) in [4.78, 5) is 11.8. The second-order valence-electron chi connectivity index (χ2n) is 5.21. The highest BCUT2D eigenvalue weighted by Crippen LogP contribution is 2.20. The summed E-state index contributed by atoms with van der Waals surface area (Å²) >= 11 is 0. The molecule has 0 spiro atoms. The first-order chi connectivity index (χ1) is 11.6. The number of benzene rings is 3. The van der Waals surface area contributed by atoms with Gasteiger partial charge < -0.3 is 10.1 Å². The third-order valence-corrected chi connectivity index (χ3v) is 3.57. The highest BCUT2D eigenvalue weighted by molar-refractivity contribution is 5.94. The summed E-state index contributed by atoms with van der Waals surface area (Å²) in [6.45, 7) is 0.333. The Bertz CT molecular complexity index is 860. The van der Waals surface area contributed by atoms with Gasteiger partial charge in [-0.25, -0.2) is 8.78 Å². The molecule has 0 aliphatic heterocycles. The minimum Gasteiger partial charge on any atom is -0.492 e. The van der Waals surface area contributed by atoms with Crippen molar-refractivity contribution in [3.63, 3.8) is 0 Å². The number of halogens is 2. The van der Waals surface area contributed by atoms with Crippen LogP contribution in [0.25, 0.3) is 10.8 Å². The fraction of sp³-hybridized carbons (Fsp3) is 0.105. The van der Waals surface area contributed by atoms with Gasteiger partial charge in [0.2, 0.25) is 0 Å². The van der Waals surface area contributed by atoms with E-state index in [4.69, 9.17) is 4.74 Å². The molecule has 122 valence electrons. The lowest BCUT2D eigenvalue weighted by molar-refractivity contribution is 0.0938. The van der Waals surface area contributed by atoms with Crippen LogP contribution >= 0.6 is 0 Å². The molecule has 0 unspecified atom stereocenters. The Morgan fingerprint density at radius 2 is 1.62 bits per heavy atom. The molecular weight excluding hydrogens is 312 g/mol. The Morgan fingerprint density at radius 3 is 2.38 bits per heavy atom. The van der Waals surface area contributed by atoms with Gasteiger partial charge in [0.15, 0.2) is 0 Å². The van der Waals surface area contributed by atoms with Gasteiger partial charge in [-0.1, -0.05) is 36.4 Å². The van der Waals surface area contributed by atoms with Crippen molar-refractivity contribution in [2.24, 2.45) is 0 Å². The van der Waals surface area contributed by atoms with Gasteiger partial charge in [0.05, 0.1) is 6.54 Å². The molecule has 0 radical (unpaired) electrons. The van der Waals surface area contributed by atoms with E-state index < -0.39 is 23.1 Å². The molecule has 0 bridgehead atoms. The molecule has 0 heterocycles. The van der Waals surface area contributed by atoms with Crippen molar-refractivity contribution >= 4 is 16.7 Å². The van der Waals surface area contributed by atoms with Crippen LogP contribution < -0.4 is 10.1 Å². The van der Waals surface area contributed by atoms with E-state index in [0.29, 0.717) is 5.75 Å². The minimum atomic E-state index is -0.886. The van der Waals surface area contributed by atoms with Crippen LogP contribution in [0.4, 0.5) is 8.78 Å². The fourth-order valence-electron chi connectivity index (χ4n) is 2.39. The maximum atomic E-state index is 13.5. The van der Waals surface area contributed by atoms with Crippen LogP contribution in [0, 0.1) is 11.6 Å².